The number of rotatable bonds is 4. The van der Waals surface area contributed by atoms with Crippen LogP contribution in [0.15, 0.2) is 48.7 Å². The molecule has 0 unspecified atom stereocenters. The van der Waals surface area contributed by atoms with Crippen LogP contribution in [-0.2, 0) is 0 Å². The predicted molar refractivity (Wildman–Crippen MR) is 105 cm³/mol. The zero-order chi connectivity index (χ0) is 19.9. The second-order valence-corrected chi connectivity index (χ2v) is 6.58. The van der Waals surface area contributed by atoms with Gasteiger partial charge >= 0.3 is 6.03 Å². The van der Waals surface area contributed by atoms with Gasteiger partial charge in [0.2, 0.25) is 0 Å². The van der Waals surface area contributed by atoms with E-state index in [-0.39, 0.29) is 18.6 Å². The molecule has 2 N–H and O–H groups in total. The minimum atomic E-state index is -0.598. The van der Waals surface area contributed by atoms with E-state index >= 15 is 0 Å². The van der Waals surface area contributed by atoms with E-state index in [0.717, 1.165) is 17.5 Å². The Bertz CT molecular complexity index is 910. The number of aromatic nitrogens is 1. The Labute approximate surface area is 164 Å². The molecule has 3 atom stereocenters. The van der Waals surface area contributed by atoms with Gasteiger partial charge in [0, 0.05) is 24.2 Å². The number of nitrogens with one attached hydrogen (secondary N) is 1. The molecule has 1 aliphatic heterocycles. The molecule has 2 heterocycles. The number of pyridine rings is 1. The Morgan fingerprint density at radius 2 is 2.04 bits per heavy atom. The zero-order valence-electron chi connectivity index (χ0n) is 15.7. The molecule has 1 saturated heterocycles. The van der Waals surface area contributed by atoms with Gasteiger partial charge in [-0.25, -0.2) is 9.78 Å². The number of amides is 2. The van der Waals surface area contributed by atoms with Gasteiger partial charge in [-0.3, -0.25) is 0 Å². The summed E-state index contributed by atoms with van der Waals surface area (Å²) in [5.74, 6) is 5.84. The SMILES string of the molecule is CCCNC(=O)N1[C@H](C#N)[C@H](c2ccc(C#Cc3ccccn3)cc2)[C@H]1CO. The molecule has 6 nitrogen and oxygen atoms in total. The number of carbonyl (C=O) groups excluding carboxylic acids is 1. The maximum absolute atomic E-state index is 12.3. The highest BCUT2D eigenvalue weighted by molar-refractivity contribution is 5.77. The van der Waals surface area contributed by atoms with Crippen molar-refractivity contribution in [1.82, 2.24) is 15.2 Å². The lowest BCUT2D eigenvalue weighted by molar-refractivity contribution is 0.0169. The molecule has 1 aromatic heterocycles. The number of hydrogen-bond donors (Lipinski definition) is 2. The summed E-state index contributed by atoms with van der Waals surface area (Å²) in [7, 11) is 0. The van der Waals surface area contributed by atoms with E-state index in [2.05, 4.69) is 28.2 Å². The fraction of sp³-hybridized carbons (Fsp3) is 0.318. The van der Waals surface area contributed by atoms with Gasteiger partial charge in [-0.1, -0.05) is 31.0 Å². The van der Waals surface area contributed by atoms with Crippen molar-refractivity contribution in [2.75, 3.05) is 13.2 Å². The van der Waals surface area contributed by atoms with Crippen molar-refractivity contribution in [3.8, 4) is 17.9 Å². The first-order chi connectivity index (χ1) is 13.7. The van der Waals surface area contributed by atoms with Gasteiger partial charge in [0.15, 0.2) is 0 Å². The van der Waals surface area contributed by atoms with Crippen LogP contribution in [0.1, 0.15) is 36.1 Å². The minimum Gasteiger partial charge on any atom is -0.394 e. The van der Waals surface area contributed by atoms with Crippen LogP contribution in [0.2, 0.25) is 0 Å². The van der Waals surface area contributed by atoms with Crippen LogP contribution in [0.4, 0.5) is 4.79 Å². The third kappa shape index (κ3) is 3.98. The number of benzene rings is 1. The van der Waals surface area contributed by atoms with Crippen LogP contribution < -0.4 is 5.32 Å². The molecule has 0 radical (unpaired) electrons. The lowest BCUT2D eigenvalue weighted by Crippen LogP contribution is -2.67. The van der Waals surface area contributed by atoms with Crippen LogP contribution in [0.3, 0.4) is 0 Å². The Hall–Kier alpha value is -3.35. The van der Waals surface area contributed by atoms with Gasteiger partial charge in [-0.05, 0) is 42.2 Å². The maximum atomic E-state index is 12.3. The first-order valence-electron chi connectivity index (χ1n) is 9.29. The fourth-order valence-electron chi connectivity index (χ4n) is 3.37. The molecule has 28 heavy (non-hydrogen) atoms. The lowest BCUT2D eigenvalue weighted by Gasteiger charge is -2.51. The highest BCUT2D eigenvalue weighted by Crippen LogP contribution is 2.40. The van der Waals surface area contributed by atoms with Crippen molar-refractivity contribution in [3.63, 3.8) is 0 Å². The van der Waals surface area contributed by atoms with E-state index in [1.165, 1.54) is 4.90 Å². The Kier molecular flexibility index (Phi) is 6.26. The summed E-state index contributed by atoms with van der Waals surface area (Å²) in [4.78, 5) is 17.9. The molecule has 0 saturated carbocycles. The molecule has 3 rings (SSSR count). The number of hydrogen-bond acceptors (Lipinski definition) is 4. The quantitative estimate of drug-likeness (QED) is 0.804. The summed E-state index contributed by atoms with van der Waals surface area (Å²) in [5.41, 5.74) is 2.44. The third-order valence-electron chi connectivity index (χ3n) is 4.79. The molecule has 1 fully saturated rings. The van der Waals surface area contributed by atoms with Gasteiger partial charge in [-0.15, -0.1) is 0 Å². The fourth-order valence-corrected chi connectivity index (χ4v) is 3.37. The number of urea groups is 1. The first-order valence-corrected chi connectivity index (χ1v) is 9.29. The number of aliphatic hydroxyl groups excluding tert-OH is 1. The summed E-state index contributed by atoms with van der Waals surface area (Å²) < 4.78 is 0. The molecule has 2 amide bonds. The molecule has 1 aliphatic rings. The molecule has 0 bridgehead atoms. The van der Waals surface area contributed by atoms with Crippen molar-refractivity contribution in [3.05, 3.63) is 65.5 Å². The van der Waals surface area contributed by atoms with Crippen molar-refractivity contribution < 1.29 is 9.90 Å². The van der Waals surface area contributed by atoms with Crippen LogP contribution in [-0.4, -0.2) is 46.3 Å². The second kappa shape index (κ2) is 9.03. The van der Waals surface area contributed by atoms with E-state index in [4.69, 9.17) is 0 Å². The normalized spacial score (nSPS) is 20.3. The monoisotopic (exact) mass is 374 g/mol. The van der Waals surface area contributed by atoms with E-state index in [1.807, 2.05) is 49.4 Å². The molecule has 2 aromatic rings. The molecule has 1 aromatic carbocycles. The highest BCUT2D eigenvalue weighted by Gasteiger charge is 2.51. The van der Waals surface area contributed by atoms with Crippen LogP contribution in [0.5, 0.6) is 0 Å². The number of nitriles is 1. The molecule has 6 heteroatoms. The number of likely N-dealkylation sites (tertiary alicyclic amines) is 1. The number of aliphatic hydroxyl groups is 1. The van der Waals surface area contributed by atoms with Gasteiger partial charge in [0.25, 0.3) is 0 Å². The Balaban J connectivity index is 1.75. The summed E-state index contributed by atoms with van der Waals surface area (Å²) in [6, 6.07) is 14.0. The van der Waals surface area contributed by atoms with Crippen molar-refractivity contribution >= 4 is 6.03 Å². The van der Waals surface area contributed by atoms with Crippen LogP contribution >= 0.6 is 0 Å². The second-order valence-electron chi connectivity index (χ2n) is 6.58. The van der Waals surface area contributed by atoms with Gasteiger partial charge in [-0.2, -0.15) is 5.26 Å². The lowest BCUT2D eigenvalue weighted by atomic mass is 9.76. The topological polar surface area (TPSA) is 89.3 Å². The van der Waals surface area contributed by atoms with Crippen molar-refractivity contribution in [2.24, 2.45) is 0 Å². The molecular formula is C22H22N4O2. The van der Waals surface area contributed by atoms with Gasteiger partial charge < -0.3 is 15.3 Å². The smallest absolute Gasteiger partial charge is 0.318 e. The average molecular weight is 374 g/mol. The summed E-state index contributed by atoms with van der Waals surface area (Å²) in [5, 5.41) is 22.1. The molecule has 142 valence electrons. The predicted octanol–water partition coefficient (Wildman–Crippen LogP) is 2.25. The van der Waals surface area contributed by atoms with Gasteiger partial charge in [0.05, 0.1) is 18.7 Å². The maximum Gasteiger partial charge on any atom is 0.318 e. The third-order valence-corrected chi connectivity index (χ3v) is 4.79. The van der Waals surface area contributed by atoms with E-state index in [1.54, 1.807) is 6.20 Å². The van der Waals surface area contributed by atoms with Gasteiger partial charge in [0.1, 0.15) is 11.7 Å². The number of nitrogens with zero attached hydrogens (tertiary/aromatic N) is 3. The first kappa shape index (κ1) is 19.4. The van der Waals surface area contributed by atoms with Crippen molar-refractivity contribution in [2.45, 2.75) is 31.3 Å². The zero-order valence-corrected chi connectivity index (χ0v) is 15.7. The molecule has 0 aliphatic carbocycles. The largest absolute Gasteiger partial charge is 0.394 e. The van der Waals surface area contributed by atoms with E-state index < -0.39 is 12.1 Å². The van der Waals surface area contributed by atoms with Crippen LogP contribution in [0, 0.1) is 23.2 Å². The van der Waals surface area contributed by atoms with E-state index in [0.29, 0.717) is 12.2 Å². The minimum absolute atomic E-state index is 0.191. The van der Waals surface area contributed by atoms with Crippen LogP contribution in [0.25, 0.3) is 0 Å². The summed E-state index contributed by atoms with van der Waals surface area (Å²) in [6.07, 6.45) is 2.51. The van der Waals surface area contributed by atoms with Crippen molar-refractivity contribution in [1.29, 1.82) is 5.26 Å². The summed E-state index contributed by atoms with van der Waals surface area (Å²) >= 11 is 0. The standard InChI is InChI=1S/C22H22N4O2/c1-2-12-25-22(28)26-19(14-23)21(20(26)15-27)17-9-6-16(7-10-17)8-11-18-5-3-4-13-24-18/h3-7,9-10,13,19-21,27H,2,12,15H2,1H3,(H,25,28)/t19-,20-,21+/m1/s1. The Morgan fingerprint density at radius 1 is 1.25 bits per heavy atom. The molecular weight excluding hydrogens is 352 g/mol. The summed E-state index contributed by atoms with van der Waals surface area (Å²) in [6.45, 7) is 2.31. The highest BCUT2D eigenvalue weighted by atomic mass is 16.3. The number of carbonyl (C=O) groups is 1. The van der Waals surface area contributed by atoms with E-state index in [9.17, 15) is 15.2 Å². The average Bonchev–Trinajstić information content (AvgIpc) is 2.72. The Morgan fingerprint density at radius 3 is 2.64 bits per heavy atom. The molecule has 0 spiro atoms.